The van der Waals surface area contributed by atoms with Gasteiger partial charge in [0.05, 0.1) is 17.6 Å². The molecule has 0 radical (unpaired) electrons. The second-order valence-electron chi connectivity index (χ2n) is 4.75. The summed E-state index contributed by atoms with van der Waals surface area (Å²) in [6.07, 6.45) is 1.74. The minimum atomic E-state index is -0.202. The molecule has 0 spiro atoms. The van der Waals surface area contributed by atoms with Crippen LogP contribution >= 0.6 is 0 Å². The number of nitrogens with zero attached hydrogens (tertiary/aromatic N) is 3. The van der Waals surface area contributed by atoms with Gasteiger partial charge in [0.1, 0.15) is 5.82 Å². The summed E-state index contributed by atoms with van der Waals surface area (Å²) in [5.41, 5.74) is 3.27. The van der Waals surface area contributed by atoms with Crippen molar-refractivity contribution in [2.45, 2.75) is 13.5 Å². The van der Waals surface area contributed by atoms with Crippen molar-refractivity contribution in [2.24, 2.45) is 7.05 Å². The van der Waals surface area contributed by atoms with Gasteiger partial charge in [-0.15, -0.1) is 0 Å². The van der Waals surface area contributed by atoms with Crippen molar-refractivity contribution in [1.29, 1.82) is 0 Å². The van der Waals surface area contributed by atoms with Gasteiger partial charge < -0.3 is 5.32 Å². The molecule has 0 saturated heterocycles. The SMILES string of the molecule is Cc1nn(C)c2ncc(NCc3ccccc3F)cc12. The van der Waals surface area contributed by atoms with E-state index < -0.39 is 0 Å². The molecule has 3 rings (SSSR count). The monoisotopic (exact) mass is 270 g/mol. The number of fused-ring (bicyclic) bond motifs is 1. The van der Waals surface area contributed by atoms with E-state index in [1.165, 1.54) is 6.07 Å². The molecule has 0 aliphatic heterocycles. The Bertz CT molecular complexity index is 764. The highest BCUT2D eigenvalue weighted by atomic mass is 19.1. The average Bonchev–Trinajstić information content (AvgIpc) is 2.73. The van der Waals surface area contributed by atoms with E-state index in [4.69, 9.17) is 0 Å². The number of aryl methyl sites for hydroxylation is 2. The first-order chi connectivity index (χ1) is 9.65. The number of nitrogens with one attached hydrogen (secondary N) is 1. The lowest BCUT2D eigenvalue weighted by molar-refractivity contribution is 0.613. The molecule has 1 aromatic carbocycles. The third-order valence-electron chi connectivity index (χ3n) is 3.30. The molecule has 20 heavy (non-hydrogen) atoms. The molecule has 0 unspecified atom stereocenters. The summed E-state index contributed by atoms with van der Waals surface area (Å²) in [5, 5.41) is 8.53. The number of hydrogen-bond donors (Lipinski definition) is 1. The topological polar surface area (TPSA) is 42.7 Å². The van der Waals surface area contributed by atoms with Crippen LogP contribution in [0.2, 0.25) is 0 Å². The lowest BCUT2D eigenvalue weighted by atomic mass is 10.2. The van der Waals surface area contributed by atoms with Crippen LogP contribution in [-0.4, -0.2) is 14.8 Å². The van der Waals surface area contributed by atoms with Crippen LogP contribution in [-0.2, 0) is 13.6 Å². The Balaban J connectivity index is 1.85. The number of aromatic nitrogens is 3. The van der Waals surface area contributed by atoms with E-state index in [9.17, 15) is 4.39 Å². The van der Waals surface area contributed by atoms with Crippen molar-refractivity contribution in [2.75, 3.05) is 5.32 Å². The van der Waals surface area contributed by atoms with E-state index in [-0.39, 0.29) is 5.82 Å². The molecule has 0 saturated carbocycles. The highest BCUT2D eigenvalue weighted by Gasteiger charge is 2.07. The predicted molar refractivity (Wildman–Crippen MR) is 77.0 cm³/mol. The van der Waals surface area contributed by atoms with Gasteiger partial charge >= 0.3 is 0 Å². The molecule has 2 aromatic heterocycles. The fourth-order valence-corrected chi connectivity index (χ4v) is 2.24. The fourth-order valence-electron chi connectivity index (χ4n) is 2.24. The largest absolute Gasteiger partial charge is 0.380 e. The minimum Gasteiger partial charge on any atom is -0.380 e. The first-order valence-corrected chi connectivity index (χ1v) is 6.42. The summed E-state index contributed by atoms with van der Waals surface area (Å²) < 4.78 is 15.3. The molecule has 1 N–H and O–H groups in total. The van der Waals surface area contributed by atoms with Crippen LogP contribution in [0.5, 0.6) is 0 Å². The van der Waals surface area contributed by atoms with E-state index in [0.29, 0.717) is 12.1 Å². The molecule has 0 aliphatic carbocycles. The van der Waals surface area contributed by atoms with E-state index in [0.717, 1.165) is 22.4 Å². The number of pyridine rings is 1. The van der Waals surface area contributed by atoms with Crippen molar-refractivity contribution in [3.8, 4) is 0 Å². The maximum Gasteiger partial charge on any atom is 0.157 e. The van der Waals surface area contributed by atoms with Crippen molar-refractivity contribution in [1.82, 2.24) is 14.8 Å². The van der Waals surface area contributed by atoms with Gasteiger partial charge in [-0.1, -0.05) is 18.2 Å². The van der Waals surface area contributed by atoms with E-state index in [1.54, 1.807) is 23.0 Å². The number of anilines is 1. The quantitative estimate of drug-likeness (QED) is 0.795. The molecular weight excluding hydrogens is 255 g/mol. The second kappa shape index (κ2) is 4.92. The van der Waals surface area contributed by atoms with Crippen LogP contribution in [0.3, 0.4) is 0 Å². The maximum atomic E-state index is 13.5. The van der Waals surface area contributed by atoms with E-state index in [2.05, 4.69) is 15.4 Å². The maximum absolute atomic E-state index is 13.5. The van der Waals surface area contributed by atoms with Crippen molar-refractivity contribution < 1.29 is 4.39 Å². The number of halogens is 1. The smallest absolute Gasteiger partial charge is 0.157 e. The van der Waals surface area contributed by atoms with Gasteiger partial charge in [-0.3, -0.25) is 4.68 Å². The minimum absolute atomic E-state index is 0.202. The van der Waals surface area contributed by atoms with Crippen molar-refractivity contribution >= 4 is 16.7 Å². The Labute approximate surface area is 116 Å². The molecule has 0 amide bonds. The summed E-state index contributed by atoms with van der Waals surface area (Å²) >= 11 is 0. The Kier molecular flexibility index (Phi) is 3.10. The van der Waals surface area contributed by atoms with Gasteiger partial charge in [0.25, 0.3) is 0 Å². The van der Waals surface area contributed by atoms with Gasteiger partial charge in [0.2, 0.25) is 0 Å². The van der Waals surface area contributed by atoms with Crippen LogP contribution in [0.4, 0.5) is 10.1 Å². The Hall–Kier alpha value is -2.43. The van der Waals surface area contributed by atoms with Crippen LogP contribution in [0.1, 0.15) is 11.3 Å². The highest BCUT2D eigenvalue weighted by molar-refractivity contribution is 5.81. The molecule has 102 valence electrons. The molecular formula is C15H15FN4. The first-order valence-electron chi connectivity index (χ1n) is 6.42. The number of hydrogen-bond acceptors (Lipinski definition) is 3. The molecule has 0 bridgehead atoms. The summed E-state index contributed by atoms with van der Waals surface area (Å²) in [7, 11) is 1.87. The summed E-state index contributed by atoms with van der Waals surface area (Å²) in [5.74, 6) is -0.202. The van der Waals surface area contributed by atoms with Crippen molar-refractivity contribution in [3.63, 3.8) is 0 Å². The van der Waals surface area contributed by atoms with Gasteiger partial charge in [0, 0.05) is 24.5 Å². The van der Waals surface area contributed by atoms with Gasteiger partial charge in [-0.25, -0.2) is 9.37 Å². The molecule has 4 nitrogen and oxygen atoms in total. The first kappa shape index (κ1) is 12.6. The van der Waals surface area contributed by atoms with Gasteiger partial charge in [0.15, 0.2) is 5.65 Å². The van der Waals surface area contributed by atoms with Crippen LogP contribution in [0.15, 0.2) is 36.5 Å². The van der Waals surface area contributed by atoms with E-state index >= 15 is 0 Å². The second-order valence-corrected chi connectivity index (χ2v) is 4.75. The summed E-state index contributed by atoms with van der Waals surface area (Å²) in [6.45, 7) is 2.38. The predicted octanol–water partition coefficient (Wildman–Crippen LogP) is 3.03. The summed E-state index contributed by atoms with van der Waals surface area (Å²) in [4.78, 5) is 4.38. The molecule has 5 heteroatoms. The lowest BCUT2D eigenvalue weighted by Gasteiger charge is -2.07. The van der Waals surface area contributed by atoms with Gasteiger partial charge in [-0.2, -0.15) is 5.10 Å². The lowest BCUT2D eigenvalue weighted by Crippen LogP contribution is -2.02. The number of benzene rings is 1. The molecule has 0 fully saturated rings. The third kappa shape index (κ3) is 2.22. The zero-order valence-electron chi connectivity index (χ0n) is 11.4. The van der Waals surface area contributed by atoms with Crippen LogP contribution < -0.4 is 5.32 Å². The Morgan fingerprint density at radius 3 is 2.90 bits per heavy atom. The van der Waals surface area contributed by atoms with Crippen LogP contribution in [0.25, 0.3) is 11.0 Å². The average molecular weight is 270 g/mol. The standard InChI is InChI=1S/C15H15FN4/c1-10-13-7-12(9-18-15(13)20(2)19-10)17-8-11-5-3-4-6-14(11)16/h3-7,9,17H,8H2,1-2H3. The summed E-state index contributed by atoms with van der Waals surface area (Å²) in [6, 6.07) is 8.73. The number of rotatable bonds is 3. The molecule has 0 atom stereocenters. The molecule has 3 aromatic rings. The molecule has 0 aliphatic rings. The molecule has 2 heterocycles. The van der Waals surface area contributed by atoms with Gasteiger partial charge in [-0.05, 0) is 19.1 Å². The normalized spacial score (nSPS) is 10.9. The fraction of sp³-hybridized carbons (Fsp3) is 0.200. The van der Waals surface area contributed by atoms with Crippen molar-refractivity contribution in [3.05, 3.63) is 53.6 Å². The Morgan fingerprint density at radius 1 is 1.30 bits per heavy atom. The zero-order chi connectivity index (χ0) is 14.1. The zero-order valence-corrected chi connectivity index (χ0v) is 11.4. The highest BCUT2D eigenvalue weighted by Crippen LogP contribution is 2.20. The van der Waals surface area contributed by atoms with E-state index in [1.807, 2.05) is 26.1 Å². The van der Waals surface area contributed by atoms with Crippen LogP contribution in [0, 0.1) is 12.7 Å². The Morgan fingerprint density at radius 2 is 2.10 bits per heavy atom. The third-order valence-corrected chi connectivity index (χ3v) is 3.30.